The quantitative estimate of drug-likeness (QED) is 0.139. The maximum atomic E-state index is 14.3. The molecule has 2 heteroatoms. The van der Waals surface area contributed by atoms with Gasteiger partial charge >= 0.3 is 0 Å². The maximum absolute atomic E-state index is 14.3. The van der Waals surface area contributed by atoms with E-state index in [-0.39, 0.29) is 11.3 Å². The molecule has 1 saturated heterocycles. The highest BCUT2D eigenvalue weighted by atomic mass is 31.1. The number of Topliss-reactive ketones (excluding diaryl/α,β-unsaturated/α-hetero) is 1. The fourth-order valence-electron chi connectivity index (χ4n) is 9.38. The zero-order chi connectivity index (χ0) is 38.3. The van der Waals surface area contributed by atoms with Crippen LogP contribution in [0.4, 0.5) is 0 Å². The van der Waals surface area contributed by atoms with Crippen molar-refractivity contribution < 1.29 is 4.79 Å². The van der Waals surface area contributed by atoms with Gasteiger partial charge in [-0.2, -0.15) is 0 Å². The number of rotatable bonds is 9. The standard InChI is InChI=1S/C51H61OP/c1-30(2)39-22-15-23-40(31(3)4)49(39)43-26-17-27-44(50-41(32(5)6)24-16-25-42(50)33(7)8)51(43)53-45(47-34(9)18-13-19-35(47)10)28-38(52)29-46(53)48-36(11)20-14-21-37(48)12/h13-27,30-33,45-46H,28-29H2,1-12H3. The summed E-state index contributed by atoms with van der Waals surface area (Å²) in [6.07, 6.45) is 1.16. The van der Waals surface area contributed by atoms with Crippen molar-refractivity contribution in [1.82, 2.24) is 0 Å². The minimum absolute atomic E-state index is 0.0961. The highest BCUT2D eigenvalue weighted by Gasteiger charge is 2.44. The average Bonchev–Trinajstić information content (AvgIpc) is 3.10. The maximum Gasteiger partial charge on any atom is 0.134 e. The topological polar surface area (TPSA) is 17.1 Å². The van der Waals surface area contributed by atoms with Crippen LogP contribution < -0.4 is 5.30 Å². The Balaban J connectivity index is 1.88. The van der Waals surface area contributed by atoms with E-state index in [0.717, 1.165) is 0 Å². The lowest BCUT2D eigenvalue weighted by atomic mass is 9.82. The van der Waals surface area contributed by atoms with E-state index in [1.807, 2.05) is 0 Å². The number of carbonyl (C=O) groups is 1. The zero-order valence-corrected chi connectivity index (χ0v) is 35.3. The third kappa shape index (κ3) is 7.36. The van der Waals surface area contributed by atoms with Crippen LogP contribution in [0.5, 0.6) is 0 Å². The molecule has 0 bridgehead atoms. The highest BCUT2D eigenvalue weighted by molar-refractivity contribution is 7.67. The van der Waals surface area contributed by atoms with Crippen LogP contribution in [0, 0.1) is 27.7 Å². The molecular weight excluding hydrogens is 660 g/mol. The smallest absolute Gasteiger partial charge is 0.134 e. The van der Waals surface area contributed by atoms with Crippen molar-refractivity contribution >= 4 is 19.0 Å². The molecule has 1 aliphatic heterocycles. The van der Waals surface area contributed by atoms with Gasteiger partial charge in [-0.25, -0.2) is 0 Å². The van der Waals surface area contributed by atoms with Gasteiger partial charge in [0.1, 0.15) is 5.78 Å². The molecule has 1 heterocycles. The van der Waals surface area contributed by atoms with Crippen LogP contribution in [-0.2, 0) is 4.79 Å². The van der Waals surface area contributed by atoms with Gasteiger partial charge in [-0.1, -0.05) is 154 Å². The van der Waals surface area contributed by atoms with Gasteiger partial charge in [-0.05, 0) is 135 Å². The van der Waals surface area contributed by atoms with Crippen molar-refractivity contribution in [1.29, 1.82) is 0 Å². The minimum Gasteiger partial charge on any atom is -0.300 e. The Hall–Kier alpha value is -3.80. The van der Waals surface area contributed by atoms with Crippen molar-refractivity contribution in [3.8, 4) is 22.3 Å². The molecule has 1 nitrogen and oxygen atoms in total. The van der Waals surface area contributed by atoms with E-state index in [4.69, 9.17) is 0 Å². The van der Waals surface area contributed by atoms with Crippen molar-refractivity contribution in [2.75, 3.05) is 0 Å². The molecule has 0 aliphatic carbocycles. The van der Waals surface area contributed by atoms with Crippen molar-refractivity contribution in [3.05, 3.63) is 147 Å². The summed E-state index contributed by atoms with van der Waals surface area (Å²) in [5, 5.41) is 1.49. The number of carbonyl (C=O) groups excluding carboxylic acids is 1. The first-order chi connectivity index (χ1) is 25.2. The van der Waals surface area contributed by atoms with E-state index in [0.29, 0.717) is 42.3 Å². The summed E-state index contributed by atoms with van der Waals surface area (Å²) in [5.74, 6) is 1.83. The Morgan fingerprint density at radius 1 is 0.453 bits per heavy atom. The second-order valence-corrected chi connectivity index (χ2v) is 19.4. The molecule has 6 rings (SSSR count). The van der Waals surface area contributed by atoms with Crippen LogP contribution in [0.1, 0.15) is 159 Å². The number of hydrogen-bond acceptors (Lipinski definition) is 1. The first-order valence-corrected chi connectivity index (χ1v) is 21.5. The highest BCUT2D eigenvalue weighted by Crippen LogP contribution is 2.69. The normalized spacial score (nSPS) is 17.8. The fourth-order valence-corrected chi connectivity index (χ4v) is 13.5. The molecule has 0 aromatic heterocycles. The predicted octanol–water partition coefficient (Wildman–Crippen LogP) is 14.7. The van der Waals surface area contributed by atoms with Crippen LogP contribution >= 0.6 is 7.92 Å². The first-order valence-electron chi connectivity index (χ1n) is 20.0. The Morgan fingerprint density at radius 2 is 0.736 bits per heavy atom. The molecule has 5 aromatic rings. The van der Waals surface area contributed by atoms with Crippen LogP contribution in [-0.4, -0.2) is 5.78 Å². The molecule has 53 heavy (non-hydrogen) atoms. The summed E-state index contributed by atoms with van der Waals surface area (Å²) in [7, 11) is -0.974. The predicted molar refractivity (Wildman–Crippen MR) is 232 cm³/mol. The van der Waals surface area contributed by atoms with Crippen LogP contribution in [0.2, 0.25) is 0 Å². The molecular formula is C51H61OP. The lowest BCUT2D eigenvalue weighted by molar-refractivity contribution is -0.119. The van der Waals surface area contributed by atoms with E-state index in [2.05, 4.69) is 174 Å². The summed E-state index contributed by atoms with van der Waals surface area (Å²) in [4.78, 5) is 14.3. The third-order valence-corrected chi connectivity index (χ3v) is 15.1. The molecule has 1 fully saturated rings. The van der Waals surface area contributed by atoms with Gasteiger partial charge in [0.05, 0.1) is 0 Å². The van der Waals surface area contributed by atoms with E-state index < -0.39 is 7.92 Å². The van der Waals surface area contributed by atoms with Gasteiger partial charge in [-0.15, -0.1) is 0 Å². The van der Waals surface area contributed by atoms with E-state index in [1.165, 1.54) is 83.2 Å². The molecule has 1 aliphatic rings. The second-order valence-electron chi connectivity index (χ2n) is 16.9. The first kappa shape index (κ1) is 38.9. The number of aryl methyl sites for hydroxylation is 4. The van der Waals surface area contributed by atoms with Gasteiger partial charge in [0.15, 0.2) is 0 Å². The Kier molecular flexibility index (Phi) is 11.7. The molecule has 0 amide bonds. The van der Waals surface area contributed by atoms with Gasteiger partial charge in [0, 0.05) is 24.2 Å². The largest absolute Gasteiger partial charge is 0.300 e. The Morgan fingerprint density at radius 3 is 1.04 bits per heavy atom. The van der Waals surface area contributed by atoms with E-state index in [9.17, 15) is 4.79 Å². The fraction of sp³-hybridized carbons (Fsp3) is 0.392. The molecule has 2 unspecified atom stereocenters. The van der Waals surface area contributed by atoms with E-state index in [1.54, 1.807) is 0 Å². The van der Waals surface area contributed by atoms with Crippen LogP contribution in [0.3, 0.4) is 0 Å². The molecule has 0 spiro atoms. The Labute approximate surface area is 322 Å². The minimum atomic E-state index is -0.974. The molecule has 0 N–H and O–H groups in total. The molecule has 5 aromatic carbocycles. The zero-order valence-electron chi connectivity index (χ0n) is 34.4. The summed E-state index contributed by atoms with van der Waals surface area (Å²) in [6, 6.07) is 34.7. The summed E-state index contributed by atoms with van der Waals surface area (Å²) in [5.41, 5.74) is 19.3. The second kappa shape index (κ2) is 15.9. The third-order valence-electron chi connectivity index (χ3n) is 11.8. The number of benzene rings is 5. The molecule has 2 atom stereocenters. The lowest BCUT2D eigenvalue weighted by Crippen LogP contribution is -2.28. The molecule has 0 saturated carbocycles. The molecule has 276 valence electrons. The summed E-state index contributed by atoms with van der Waals surface area (Å²) < 4.78 is 0. The van der Waals surface area contributed by atoms with Gasteiger partial charge in [-0.3, -0.25) is 4.79 Å². The summed E-state index contributed by atoms with van der Waals surface area (Å²) in [6.45, 7) is 27.9. The summed E-state index contributed by atoms with van der Waals surface area (Å²) >= 11 is 0. The number of ketones is 1. The molecule has 0 radical (unpaired) electrons. The van der Waals surface area contributed by atoms with Crippen molar-refractivity contribution in [2.24, 2.45) is 0 Å². The average molecular weight is 721 g/mol. The number of hydrogen-bond donors (Lipinski definition) is 0. The van der Waals surface area contributed by atoms with Crippen LogP contribution in [0.15, 0.2) is 91.0 Å². The Bertz CT molecular complexity index is 1890. The lowest BCUT2D eigenvalue weighted by Gasteiger charge is -2.43. The van der Waals surface area contributed by atoms with Crippen LogP contribution in [0.25, 0.3) is 22.3 Å². The SMILES string of the molecule is Cc1cccc(C)c1C1CC(=O)CC(c2c(C)cccc2C)P1c1c(-c2c(C(C)C)cccc2C(C)C)cccc1-c1c(C(C)C)cccc1C(C)C. The van der Waals surface area contributed by atoms with E-state index >= 15 is 0 Å². The van der Waals surface area contributed by atoms with Crippen molar-refractivity contribution in [3.63, 3.8) is 0 Å². The van der Waals surface area contributed by atoms with Gasteiger partial charge in [0.2, 0.25) is 0 Å². The monoisotopic (exact) mass is 720 g/mol. The van der Waals surface area contributed by atoms with Gasteiger partial charge in [0.25, 0.3) is 0 Å². The van der Waals surface area contributed by atoms with Crippen molar-refractivity contribution in [2.45, 2.75) is 131 Å². The van der Waals surface area contributed by atoms with Gasteiger partial charge < -0.3 is 0 Å².